The minimum Gasteiger partial charge on any atom is -0.358 e. The molecule has 2 heterocycles. The van der Waals surface area contributed by atoms with Gasteiger partial charge in [0.25, 0.3) is 5.91 Å². The van der Waals surface area contributed by atoms with Crippen LogP contribution in [0.25, 0.3) is 10.9 Å². The molecule has 2 aromatic rings. The van der Waals surface area contributed by atoms with Gasteiger partial charge in [-0.1, -0.05) is 19.1 Å². The number of carbonyl (C=O) groups excluding carboxylic acids is 1. The van der Waals surface area contributed by atoms with Gasteiger partial charge < -0.3 is 9.72 Å². The number of nitrogens with one attached hydrogen (secondary N) is 2. The van der Waals surface area contributed by atoms with Gasteiger partial charge in [-0.05, 0) is 49.7 Å². The standard InChI is InChI=1S/C19H24N2O3/c1-12-8-9-16-15(11-12)13-5-4-6-14(18(13)20-16)19(22)21-24-17-7-2-3-10-23-17/h4-6,12,17,20H,2-3,7-11H2,1H3,(H,21,22)/t12-,17+/m0/s1. The Kier molecular flexibility index (Phi) is 4.29. The van der Waals surface area contributed by atoms with E-state index < -0.39 is 0 Å². The molecule has 5 heteroatoms. The van der Waals surface area contributed by atoms with Gasteiger partial charge in [-0.15, -0.1) is 0 Å². The number of ether oxygens (including phenoxy) is 1. The fourth-order valence-electron chi connectivity index (χ4n) is 3.78. The van der Waals surface area contributed by atoms with Gasteiger partial charge in [0, 0.05) is 24.1 Å². The number of aryl methyl sites for hydroxylation is 1. The zero-order valence-corrected chi connectivity index (χ0v) is 14.1. The van der Waals surface area contributed by atoms with Crippen LogP contribution in [0.1, 0.15) is 54.2 Å². The Morgan fingerprint density at radius 2 is 2.25 bits per heavy atom. The fourth-order valence-corrected chi connectivity index (χ4v) is 3.78. The van der Waals surface area contributed by atoms with Gasteiger partial charge in [-0.3, -0.25) is 4.79 Å². The van der Waals surface area contributed by atoms with Gasteiger partial charge in [-0.25, -0.2) is 10.3 Å². The summed E-state index contributed by atoms with van der Waals surface area (Å²) in [4.78, 5) is 21.5. The Hall–Kier alpha value is -1.85. The van der Waals surface area contributed by atoms with E-state index in [1.54, 1.807) is 0 Å². The highest BCUT2D eigenvalue weighted by molar-refractivity contribution is 6.06. The number of benzene rings is 1. The summed E-state index contributed by atoms with van der Waals surface area (Å²) in [6.07, 6.45) is 5.94. The zero-order chi connectivity index (χ0) is 16.5. The Morgan fingerprint density at radius 1 is 1.33 bits per heavy atom. The highest BCUT2D eigenvalue weighted by atomic mass is 16.8. The second-order valence-electron chi connectivity index (χ2n) is 7.00. The van der Waals surface area contributed by atoms with E-state index in [9.17, 15) is 4.79 Å². The molecule has 1 aromatic carbocycles. The second kappa shape index (κ2) is 6.57. The maximum Gasteiger partial charge on any atom is 0.277 e. The van der Waals surface area contributed by atoms with Crippen LogP contribution >= 0.6 is 0 Å². The van der Waals surface area contributed by atoms with Crippen LogP contribution in [-0.2, 0) is 22.4 Å². The van der Waals surface area contributed by atoms with Crippen LogP contribution in [0.3, 0.4) is 0 Å². The van der Waals surface area contributed by atoms with Crippen molar-refractivity contribution in [2.75, 3.05) is 6.61 Å². The number of fused-ring (bicyclic) bond motifs is 3. The average Bonchev–Trinajstić information content (AvgIpc) is 2.98. The maximum atomic E-state index is 12.6. The summed E-state index contributed by atoms with van der Waals surface area (Å²) < 4.78 is 5.49. The Labute approximate surface area is 141 Å². The normalized spacial score (nSPS) is 23.9. The molecular formula is C19H24N2O3. The molecular weight excluding hydrogens is 304 g/mol. The summed E-state index contributed by atoms with van der Waals surface area (Å²) in [5.41, 5.74) is 6.76. The SMILES string of the molecule is C[C@H]1CCc2[nH]c3c(C(=O)NO[C@@H]4CCCCO4)cccc3c2C1. The van der Waals surface area contributed by atoms with Crippen molar-refractivity contribution in [2.24, 2.45) is 5.92 Å². The Balaban J connectivity index is 1.56. The number of hydrogen-bond donors (Lipinski definition) is 2. The molecule has 1 fully saturated rings. The lowest BCUT2D eigenvalue weighted by atomic mass is 9.87. The second-order valence-corrected chi connectivity index (χ2v) is 7.00. The molecule has 2 aliphatic rings. The third-order valence-corrected chi connectivity index (χ3v) is 5.14. The lowest BCUT2D eigenvalue weighted by molar-refractivity contribution is -0.186. The first kappa shape index (κ1) is 15.7. The van der Waals surface area contributed by atoms with Crippen LogP contribution in [0.5, 0.6) is 0 Å². The number of hydrogen-bond acceptors (Lipinski definition) is 3. The van der Waals surface area contributed by atoms with Crippen molar-refractivity contribution in [2.45, 2.75) is 51.7 Å². The Morgan fingerprint density at radius 3 is 3.08 bits per heavy atom. The van der Waals surface area contributed by atoms with Crippen LogP contribution in [0, 0.1) is 5.92 Å². The molecule has 0 saturated carbocycles. The highest BCUT2D eigenvalue weighted by Crippen LogP contribution is 2.32. The molecule has 1 saturated heterocycles. The third kappa shape index (κ3) is 2.94. The van der Waals surface area contributed by atoms with E-state index in [2.05, 4.69) is 23.5 Å². The van der Waals surface area contributed by atoms with Crippen molar-refractivity contribution in [3.63, 3.8) is 0 Å². The summed E-state index contributed by atoms with van der Waals surface area (Å²) in [6, 6.07) is 5.89. The van der Waals surface area contributed by atoms with Gasteiger partial charge in [0.2, 0.25) is 0 Å². The van der Waals surface area contributed by atoms with Crippen molar-refractivity contribution in [1.29, 1.82) is 0 Å². The molecule has 1 aliphatic heterocycles. The van der Waals surface area contributed by atoms with Crippen LogP contribution in [-0.4, -0.2) is 23.8 Å². The molecule has 2 N–H and O–H groups in total. The molecule has 1 aromatic heterocycles. The van der Waals surface area contributed by atoms with Crippen molar-refractivity contribution >= 4 is 16.8 Å². The van der Waals surface area contributed by atoms with Crippen molar-refractivity contribution in [3.05, 3.63) is 35.0 Å². The minimum atomic E-state index is -0.334. The van der Waals surface area contributed by atoms with Crippen molar-refractivity contribution < 1.29 is 14.4 Å². The summed E-state index contributed by atoms with van der Waals surface area (Å²) in [5, 5.41) is 1.16. The van der Waals surface area contributed by atoms with Gasteiger partial charge in [0.15, 0.2) is 6.29 Å². The van der Waals surface area contributed by atoms with E-state index in [1.807, 2.05) is 12.1 Å². The number of H-pyrrole nitrogens is 1. The first-order valence-electron chi connectivity index (χ1n) is 8.92. The molecule has 5 nitrogen and oxygen atoms in total. The van der Waals surface area contributed by atoms with Crippen LogP contribution in [0.4, 0.5) is 0 Å². The monoisotopic (exact) mass is 328 g/mol. The van der Waals surface area contributed by atoms with Crippen LogP contribution in [0.2, 0.25) is 0 Å². The molecule has 4 rings (SSSR count). The van der Waals surface area contributed by atoms with Gasteiger partial charge in [0.1, 0.15) is 0 Å². The topological polar surface area (TPSA) is 63.4 Å². The molecule has 0 unspecified atom stereocenters. The molecule has 0 bridgehead atoms. The molecule has 0 radical (unpaired) electrons. The highest BCUT2D eigenvalue weighted by Gasteiger charge is 2.23. The quantitative estimate of drug-likeness (QED) is 0.848. The van der Waals surface area contributed by atoms with E-state index in [0.29, 0.717) is 18.1 Å². The lowest BCUT2D eigenvalue weighted by Crippen LogP contribution is -2.33. The third-order valence-electron chi connectivity index (χ3n) is 5.14. The molecule has 2 atom stereocenters. The molecule has 1 amide bonds. The molecule has 24 heavy (non-hydrogen) atoms. The number of rotatable bonds is 3. The number of hydroxylamine groups is 1. The lowest BCUT2D eigenvalue weighted by Gasteiger charge is -2.22. The van der Waals surface area contributed by atoms with Crippen LogP contribution < -0.4 is 5.48 Å². The molecule has 0 spiro atoms. The summed E-state index contributed by atoms with van der Waals surface area (Å²) in [7, 11) is 0. The zero-order valence-electron chi connectivity index (χ0n) is 14.1. The first-order chi connectivity index (χ1) is 11.7. The van der Waals surface area contributed by atoms with Crippen molar-refractivity contribution in [3.8, 4) is 0 Å². The van der Waals surface area contributed by atoms with Gasteiger partial charge in [0.05, 0.1) is 11.1 Å². The predicted molar refractivity (Wildman–Crippen MR) is 91.6 cm³/mol. The van der Waals surface area contributed by atoms with E-state index >= 15 is 0 Å². The summed E-state index contributed by atoms with van der Waals surface area (Å²) in [5.74, 6) is 0.474. The summed E-state index contributed by atoms with van der Waals surface area (Å²) >= 11 is 0. The van der Waals surface area contributed by atoms with E-state index in [-0.39, 0.29) is 12.2 Å². The first-order valence-corrected chi connectivity index (χ1v) is 8.92. The maximum absolute atomic E-state index is 12.6. The van der Waals surface area contributed by atoms with Crippen molar-refractivity contribution in [1.82, 2.24) is 10.5 Å². The van der Waals surface area contributed by atoms with E-state index in [0.717, 1.165) is 43.0 Å². The fraction of sp³-hybridized carbons (Fsp3) is 0.526. The summed E-state index contributed by atoms with van der Waals surface area (Å²) in [6.45, 7) is 2.98. The number of amides is 1. The minimum absolute atomic E-state index is 0.221. The largest absolute Gasteiger partial charge is 0.358 e. The molecule has 1 aliphatic carbocycles. The predicted octanol–water partition coefficient (Wildman–Crippen LogP) is 3.48. The van der Waals surface area contributed by atoms with Gasteiger partial charge >= 0.3 is 0 Å². The van der Waals surface area contributed by atoms with Crippen LogP contribution in [0.15, 0.2) is 18.2 Å². The number of aromatic amines is 1. The Bertz CT molecular complexity index is 746. The van der Waals surface area contributed by atoms with E-state index in [4.69, 9.17) is 9.57 Å². The molecule has 128 valence electrons. The average molecular weight is 328 g/mol. The number of para-hydroxylation sites is 1. The number of aromatic nitrogens is 1. The van der Waals surface area contributed by atoms with E-state index in [1.165, 1.54) is 17.7 Å². The number of carbonyl (C=O) groups is 1. The smallest absolute Gasteiger partial charge is 0.277 e. The van der Waals surface area contributed by atoms with Gasteiger partial charge in [-0.2, -0.15) is 0 Å².